The minimum Gasteiger partial charge on any atom is -0.376 e. The largest absolute Gasteiger partial charge is 0.376 e. The Morgan fingerprint density at radius 3 is 2.59 bits per heavy atom. The van der Waals surface area contributed by atoms with E-state index in [1.165, 1.54) is 22.4 Å². The molecule has 114 valence electrons. The molecule has 0 aliphatic heterocycles. The fraction of sp³-hybridized carbons (Fsp3) is 0.143. The molecule has 8 heteroatoms. The second-order valence-corrected chi connectivity index (χ2v) is 5.96. The van der Waals surface area contributed by atoms with Gasteiger partial charge in [-0.05, 0) is 18.2 Å². The molecule has 2 aromatic rings. The van der Waals surface area contributed by atoms with E-state index in [1.807, 2.05) is 6.19 Å². The first-order valence-electron chi connectivity index (χ1n) is 6.24. The fourth-order valence-electron chi connectivity index (χ4n) is 1.78. The van der Waals surface area contributed by atoms with Crippen LogP contribution >= 0.6 is 35.0 Å². The summed E-state index contributed by atoms with van der Waals surface area (Å²) in [7, 11) is 0. The number of nitrogens with zero attached hydrogens (tertiary/aromatic N) is 2. The molecule has 22 heavy (non-hydrogen) atoms. The lowest BCUT2D eigenvalue weighted by Gasteiger charge is -2.13. The molecule has 2 N–H and O–H groups in total. The van der Waals surface area contributed by atoms with Crippen molar-refractivity contribution >= 4 is 40.7 Å². The number of halogens is 2. The van der Waals surface area contributed by atoms with Crippen LogP contribution in [0, 0.1) is 11.5 Å². The van der Waals surface area contributed by atoms with Crippen LogP contribution in [0.2, 0.25) is 10.0 Å². The Morgan fingerprint density at radius 2 is 1.95 bits per heavy atom. The van der Waals surface area contributed by atoms with Crippen molar-refractivity contribution in [2.24, 2.45) is 0 Å². The van der Waals surface area contributed by atoms with Crippen molar-refractivity contribution in [2.45, 2.75) is 0 Å². The van der Waals surface area contributed by atoms with Crippen molar-refractivity contribution < 1.29 is 0 Å². The van der Waals surface area contributed by atoms with Crippen molar-refractivity contribution in [3.8, 4) is 11.9 Å². The van der Waals surface area contributed by atoms with Crippen LogP contribution < -0.4 is 16.2 Å². The van der Waals surface area contributed by atoms with E-state index in [0.717, 1.165) is 5.69 Å². The van der Waals surface area contributed by atoms with Crippen LogP contribution in [-0.2, 0) is 0 Å². The van der Waals surface area contributed by atoms with Gasteiger partial charge in [0.25, 0.3) is 5.56 Å². The zero-order valence-electron chi connectivity index (χ0n) is 11.3. The number of anilines is 1. The summed E-state index contributed by atoms with van der Waals surface area (Å²) in [4.78, 5) is 11.9. The maximum absolute atomic E-state index is 11.9. The number of nitrogens with one attached hydrogen (secondary N) is 2. The first-order valence-corrected chi connectivity index (χ1v) is 8.15. The van der Waals surface area contributed by atoms with E-state index in [0.29, 0.717) is 27.5 Å². The van der Waals surface area contributed by atoms with Crippen LogP contribution in [-0.4, -0.2) is 16.3 Å². The first-order chi connectivity index (χ1) is 10.6. The van der Waals surface area contributed by atoms with Gasteiger partial charge in [0.05, 0.1) is 27.5 Å². The minimum atomic E-state index is -0.204. The first kappa shape index (κ1) is 16.6. The van der Waals surface area contributed by atoms with Crippen molar-refractivity contribution in [2.75, 3.05) is 17.1 Å². The minimum absolute atomic E-state index is 0.204. The van der Waals surface area contributed by atoms with Gasteiger partial charge in [0.2, 0.25) is 0 Å². The molecule has 0 fully saturated rings. The second-order valence-electron chi connectivity index (χ2n) is 4.16. The molecule has 0 unspecified atom stereocenters. The van der Waals surface area contributed by atoms with Crippen LogP contribution in [0.15, 0.2) is 41.3 Å². The molecule has 1 aromatic carbocycles. The Kier molecular flexibility index (Phi) is 6.01. The molecule has 0 saturated heterocycles. The molecule has 5 nitrogen and oxygen atoms in total. The number of thioether (sulfide) groups is 1. The summed E-state index contributed by atoms with van der Waals surface area (Å²) in [5, 5.41) is 14.8. The smallest absolute Gasteiger partial charge is 0.255 e. The molecule has 0 aliphatic rings. The lowest BCUT2D eigenvalue weighted by Crippen LogP contribution is -2.16. The van der Waals surface area contributed by atoms with Crippen LogP contribution in [0.25, 0.3) is 5.69 Å². The molecule has 0 bridgehead atoms. The molecule has 1 aromatic heterocycles. The van der Waals surface area contributed by atoms with E-state index >= 15 is 0 Å². The van der Waals surface area contributed by atoms with E-state index in [-0.39, 0.29) is 5.56 Å². The van der Waals surface area contributed by atoms with Gasteiger partial charge in [-0.1, -0.05) is 29.3 Å². The standard InChI is InChI=1S/C14H12Cl2N4OS/c15-11-5-10(19-9-22-8-18-7-17)6-12(16)14(11)20-4-2-1-3-13(20)21/h1-6,18-19H,8-9H2. The van der Waals surface area contributed by atoms with Gasteiger partial charge in [0.15, 0.2) is 6.19 Å². The van der Waals surface area contributed by atoms with Gasteiger partial charge in [-0.15, -0.1) is 11.8 Å². The number of nitriles is 1. The van der Waals surface area contributed by atoms with Gasteiger partial charge in [0, 0.05) is 18.0 Å². The van der Waals surface area contributed by atoms with E-state index in [2.05, 4.69) is 10.6 Å². The zero-order valence-corrected chi connectivity index (χ0v) is 13.7. The molecule has 2 rings (SSSR count). The van der Waals surface area contributed by atoms with Gasteiger partial charge in [-0.2, -0.15) is 5.26 Å². The number of hydrogen-bond donors (Lipinski definition) is 2. The summed E-state index contributed by atoms with van der Waals surface area (Å²) in [6.45, 7) is 0. The van der Waals surface area contributed by atoms with Crippen LogP contribution in [0.5, 0.6) is 0 Å². The maximum Gasteiger partial charge on any atom is 0.255 e. The Labute approximate surface area is 141 Å². The molecule has 0 amide bonds. The number of hydrogen-bond acceptors (Lipinski definition) is 5. The number of aromatic nitrogens is 1. The van der Waals surface area contributed by atoms with Gasteiger partial charge < -0.3 is 10.6 Å². The molecule has 0 spiro atoms. The van der Waals surface area contributed by atoms with E-state index < -0.39 is 0 Å². The normalized spacial score (nSPS) is 10.0. The van der Waals surface area contributed by atoms with Gasteiger partial charge in [-0.25, -0.2) is 0 Å². The monoisotopic (exact) mass is 354 g/mol. The van der Waals surface area contributed by atoms with Crippen LogP contribution in [0.3, 0.4) is 0 Å². The Balaban J connectivity index is 2.18. The fourth-order valence-corrected chi connectivity index (χ4v) is 2.99. The quantitative estimate of drug-likeness (QED) is 0.360. The third-order valence-corrected chi connectivity index (χ3v) is 3.99. The molecule has 0 atom stereocenters. The number of rotatable bonds is 6. The van der Waals surface area contributed by atoms with Crippen LogP contribution in [0.1, 0.15) is 0 Å². The Morgan fingerprint density at radius 1 is 1.23 bits per heavy atom. The van der Waals surface area contributed by atoms with E-state index in [1.54, 1.807) is 30.5 Å². The number of benzene rings is 1. The SMILES string of the molecule is N#CNCSCNc1cc(Cl)c(-n2ccccc2=O)c(Cl)c1. The third-order valence-electron chi connectivity index (χ3n) is 2.71. The predicted octanol–water partition coefficient (Wildman–Crippen LogP) is 3.28. The molecule has 1 heterocycles. The topological polar surface area (TPSA) is 69.8 Å². The summed E-state index contributed by atoms with van der Waals surface area (Å²) in [6, 6.07) is 8.25. The second kappa shape index (κ2) is 7.99. The molecule has 0 radical (unpaired) electrons. The Hall–Kier alpha value is -1.81. The summed E-state index contributed by atoms with van der Waals surface area (Å²) >= 11 is 14.0. The van der Waals surface area contributed by atoms with E-state index in [4.69, 9.17) is 28.5 Å². The zero-order chi connectivity index (χ0) is 15.9. The van der Waals surface area contributed by atoms with Crippen LogP contribution in [0.4, 0.5) is 5.69 Å². The summed E-state index contributed by atoms with van der Waals surface area (Å²) < 4.78 is 1.40. The highest BCUT2D eigenvalue weighted by atomic mass is 35.5. The van der Waals surface area contributed by atoms with Gasteiger partial charge in [-0.3, -0.25) is 9.36 Å². The third kappa shape index (κ3) is 4.10. The summed E-state index contributed by atoms with van der Waals surface area (Å²) in [6.07, 6.45) is 3.46. The Bertz CT molecular complexity index is 734. The van der Waals surface area contributed by atoms with Crippen molar-refractivity contribution in [3.05, 3.63) is 56.9 Å². The average molecular weight is 355 g/mol. The summed E-state index contributed by atoms with van der Waals surface area (Å²) in [5.74, 6) is 1.11. The lowest BCUT2D eigenvalue weighted by atomic mass is 10.2. The average Bonchev–Trinajstić information content (AvgIpc) is 2.48. The molecular formula is C14H12Cl2N4OS. The lowest BCUT2D eigenvalue weighted by molar-refractivity contribution is 0.991. The molecule has 0 saturated carbocycles. The highest BCUT2D eigenvalue weighted by Crippen LogP contribution is 2.31. The highest BCUT2D eigenvalue weighted by molar-refractivity contribution is 7.99. The van der Waals surface area contributed by atoms with Gasteiger partial charge >= 0.3 is 0 Å². The van der Waals surface area contributed by atoms with Crippen molar-refractivity contribution in [1.29, 1.82) is 5.26 Å². The van der Waals surface area contributed by atoms with Gasteiger partial charge in [0.1, 0.15) is 0 Å². The predicted molar refractivity (Wildman–Crippen MR) is 91.8 cm³/mol. The highest BCUT2D eigenvalue weighted by Gasteiger charge is 2.11. The molecular weight excluding hydrogens is 343 g/mol. The van der Waals surface area contributed by atoms with Crippen molar-refractivity contribution in [3.63, 3.8) is 0 Å². The molecule has 0 aliphatic carbocycles. The van der Waals surface area contributed by atoms with E-state index in [9.17, 15) is 4.79 Å². The van der Waals surface area contributed by atoms with Crippen molar-refractivity contribution in [1.82, 2.24) is 9.88 Å². The number of pyridine rings is 1. The summed E-state index contributed by atoms with van der Waals surface area (Å²) in [5.41, 5.74) is 0.996. The maximum atomic E-state index is 11.9.